The van der Waals surface area contributed by atoms with Crippen LogP contribution in [0.25, 0.3) is 165 Å². The van der Waals surface area contributed by atoms with Crippen molar-refractivity contribution in [2.75, 3.05) is 0 Å². The van der Waals surface area contributed by atoms with Crippen LogP contribution in [0.3, 0.4) is 0 Å². The number of nitriles is 2. The molecule has 5 aromatic heterocycles. The molecule has 0 atom stereocenters. The molecule has 0 spiro atoms. The summed E-state index contributed by atoms with van der Waals surface area (Å²) in [6.07, 6.45) is 0. The van der Waals surface area contributed by atoms with E-state index in [1.807, 2.05) is 24.3 Å². The van der Waals surface area contributed by atoms with Crippen molar-refractivity contribution in [3.05, 3.63) is 278 Å². The normalized spacial score (nSPS) is 12.0. The molecular formula is C78H44N6O. The Hall–Kier alpha value is -11.9. The van der Waals surface area contributed by atoms with E-state index in [4.69, 9.17) is 4.42 Å². The molecule has 0 aliphatic rings. The third-order valence-corrected chi connectivity index (χ3v) is 17.8. The Morgan fingerprint density at radius 1 is 0.271 bits per heavy atom. The fourth-order valence-electron chi connectivity index (χ4n) is 14.4. The number of nitrogens with zero attached hydrogens (tertiary/aromatic N) is 6. The lowest BCUT2D eigenvalue weighted by molar-refractivity contribution is 0.671. The van der Waals surface area contributed by atoms with Gasteiger partial charge in [-0.15, -0.1) is 0 Å². The average molecular weight is 1080 g/mol. The van der Waals surface area contributed by atoms with E-state index < -0.39 is 0 Å². The van der Waals surface area contributed by atoms with Crippen LogP contribution in [0.4, 0.5) is 0 Å². The molecule has 5 heterocycles. The van der Waals surface area contributed by atoms with Gasteiger partial charge in [0, 0.05) is 53.9 Å². The van der Waals surface area contributed by atoms with Gasteiger partial charge in [-0.3, -0.25) is 0 Å². The van der Waals surface area contributed by atoms with Gasteiger partial charge in [0.15, 0.2) is 5.58 Å². The van der Waals surface area contributed by atoms with E-state index in [0.29, 0.717) is 39.5 Å². The molecule has 18 rings (SSSR count). The molecule has 7 heteroatoms. The maximum Gasteiger partial charge on any atom is 0.160 e. The Morgan fingerprint density at radius 2 is 0.671 bits per heavy atom. The lowest BCUT2D eigenvalue weighted by atomic mass is 9.91. The van der Waals surface area contributed by atoms with Gasteiger partial charge in [0.25, 0.3) is 0 Å². The maximum absolute atomic E-state index is 12.7. The third-order valence-electron chi connectivity index (χ3n) is 17.8. The Bertz CT molecular complexity index is 5710. The second kappa shape index (κ2) is 17.8. The molecule has 7 nitrogen and oxygen atoms in total. The van der Waals surface area contributed by atoms with E-state index in [1.165, 1.54) is 10.8 Å². The smallest absolute Gasteiger partial charge is 0.160 e. The first-order valence-corrected chi connectivity index (χ1v) is 28.6. The Kier molecular flexibility index (Phi) is 9.80. The summed E-state index contributed by atoms with van der Waals surface area (Å²) < 4.78 is 16.3. The van der Waals surface area contributed by atoms with Gasteiger partial charge in [-0.05, 0) is 93.7 Å². The molecule has 0 N–H and O–H groups in total. The zero-order chi connectivity index (χ0) is 56.0. The zero-order valence-corrected chi connectivity index (χ0v) is 45.5. The Morgan fingerprint density at radius 3 is 1.20 bits per heavy atom. The quantitative estimate of drug-likeness (QED) is 0.166. The predicted molar refractivity (Wildman–Crippen MR) is 349 cm³/mol. The van der Waals surface area contributed by atoms with Crippen LogP contribution in [0, 0.1) is 22.7 Å². The SMILES string of the molecule is N#Cc1c(-n2c3ccccc3c3ccccc32)c(C#N)c(-n2c3ccccc3c3ccccc32)c(-n2c3ccc(-c4ccccc4-c4cccc5ccccc45)cc3c3ccc4c5ccccc5oc4c32)c1-n1c2ccccc2c2ccccc21. The van der Waals surface area contributed by atoms with Crippen LogP contribution in [0.15, 0.2) is 271 Å². The first-order valence-electron chi connectivity index (χ1n) is 28.6. The highest BCUT2D eigenvalue weighted by molar-refractivity contribution is 6.23. The van der Waals surface area contributed by atoms with E-state index in [-0.39, 0.29) is 0 Å². The summed E-state index contributed by atoms with van der Waals surface area (Å²) >= 11 is 0. The highest BCUT2D eigenvalue weighted by atomic mass is 16.3. The van der Waals surface area contributed by atoms with Crippen molar-refractivity contribution in [2.24, 2.45) is 0 Å². The molecule has 0 unspecified atom stereocenters. The molecule has 0 saturated carbocycles. The number of furan rings is 1. The Balaban J connectivity index is 1.11. The van der Waals surface area contributed by atoms with E-state index in [9.17, 15) is 10.5 Å². The maximum atomic E-state index is 12.7. The lowest BCUT2D eigenvalue weighted by Crippen LogP contribution is -2.17. The molecule has 0 amide bonds. The van der Waals surface area contributed by atoms with E-state index >= 15 is 0 Å². The second-order valence-electron chi connectivity index (χ2n) is 22.1. The average Bonchev–Trinajstić information content (AvgIpc) is 1.77. The van der Waals surface area contributed by atoms with Crippen molar-refractivity contribution in [1.29, 1.82) is 10.5 Å². The summed E-state index contributed by atoms with van der Waals surface area (Å²) in [5.41, 5.74) is 16.0. The number of hydrogen-bond acceptors (Lipinski definition) is 3. The molecule has 18 aromatic rings. The minimum absolute atomic E-state index is 0.335. The monoisotopic (exact) mass is 1080 g/mol. The van der Waals surface area contributed by atoms with Gasteiger partial charge in [-0.2, -0.15) is 10.5 Å². The summed E-state index contributed by atoms with van der Waals surface area (Å²) in [6, 6.07) is 99.7. The van der Waals surface area contributed by atoms with Crippen molar-refractivity contribution >= 4 is 120 Å². The van der Waals surface area contributed by atoms with Crippen molar-refractivity contribution in [2.45, 2.75) is 0 Å². The molecular weight excluding hydrogens is 1040 g/mol. The number of para-hydroxylation sites is 7. The fraction of sp³-hybridized carbons (Fsp3) is 0. The first kappa shape index (κ1) is 46.8. The molecule has 13 aromatic carbocycles. The molecule has 0 radical (unpaired) electrons. The van der Waals surface area contributed by atoms with Gasteiger partial charge in [-0.25, -0.2) is 0 Å². The standard InChI is InChI=1S/C78H44N6O/c79-45-63-73(81-65-33-12-5-25-53(65)54-26-6-13-34-66(54)81)64(46-80)75(83-69-37-16-9-29-57(69)58-30-10-17-38-70(58)83)77(74(63)82-67-35-14-7-27-55(67)56-28-8-15-36-68(56)82)84-71-43-40-48(50-23-3-4-24-51(50)52-32-19-21-47-20-1-2-22-49(47)52)44-62(71)60-41-42-61-59-31-11-18-39-72(59)85-78(61)76(60)84/h1-44H. The van der Waals surface area contributed by atoms with Crippen LogP contribution in [0.1, 0.15) is 11.1 Å². The predicted octanol–water partition coefficient (Wildman–Crippen LogP) is 20.2. The number of rotatable bonds is 6. The van der Waals surface area contributed by atoms with Crippen LogP contribution in [0.2, 0.25) is 0 Å². The molecule has 0 fully saturated rings. The minimum atomic E-state index is 0.335. The van der Waals surface area contributed by atoms with Gasteiger partial charge in [0.1, 0.15) is 28.8 Å². The summed E-state index contributed by atoms with van der Waals surface area (Å²) in [5, 5.41) is 37.8. The zero-order valence-electron chi connectivity index (χ0n) is 45.5. The van der Waals surface area contributed by atoms with Crippen molar-refractivity contribution in [3.63, 3.8) is 0 Å². The second-order valence-corrected chi connectivity index (χ2v) is 22.1. The van der Waals surface area contributed by atoms with Crippen molar-refractivity contribution in [1.82, 2.24) is 18.3 Å². The van der Waals surface area contributed by atoms with Crippen LogP contribution in [-0.2, 0) is 0 Å². The molecule has 392 valence electrons. The summed E-state index contributed by atoms with van der Waals surface area (Å²) in [5.74, 6) is 0. The van der Waals surface area contributed by atoms with Gasteiger partial charge in [0.2, 0.25) is 0 Å². The van der Waals surface area contributed by atoms with Crippen LogP contribution < -0.4 is 0 Å². The number of aromatic nitrogens is 4. The molecule has 0 aliphatic heterocycles. The largest absolute Gasteiger partial charge is 0.454 e. The summed E-state index contributed by atoms with van der Waals surface area (Å²) in [6.45, 7) is 0. The van der Waals surface area contributed by atoms with E-state index in [1.54, 1.807) is 0 Å². The minimum Gasteiger partial charge on any atom is -0.454 e. The Labute approximate surface area is 485 Å². The summed E-state index contributed by atoms with van der Waals surface area (Å²) in [7, 11) is 0. The van der Waals surface area contributed by atoms with Crippen molar-refractivity contribution in [3.8, 4) is 57.1 Å². The van der Waals surface area contributed by atoms with Gasteiger partial charge < -0.3 is 22.7 Å². The molecule has 0 bridgehead atoms. The summed E-state index contributed by atoms with van der Waals surface area (Å²) in [4.78, 5) is 0. The first-order chi connectivity index (χ1) is 42.2. The number of hydrogen-bond donors (Lipinski definition) is 0. The van der Waals surface area contributed by atoms with Gasteiger partial charge >= 0.3 is 0 Å². The number of benzene rings is 13. The van der Waals surface area contributed by atoms with E-state index in [2.05, 4.69) is 273 Å². The molecule has 85 heavy (non-hydrogen) atoms. The molecule has 0 saturated heterocycles. The van der Waals surface area contributed by atoms with Gasteiger partial charge in [0.05, 0.1) is 66.9 Å². The topological polar surface area (TPSA) is 80.4 Å². The lowest BCUT2D eigenvalue weighted by Gasteiger charge is -2.27. The van der Waals surface area contributed by atoms with Crippen molar-refractivity contribution < 1.29 is 4.42 Å². The molecule has 0 aliphatic carbocycles. The van der Waals surface area contributed by atoms with Crippen LogP contribution in [0.5, 0.6) is 0 Å². The third kappa shape index (κ3) is 6.41. The van der Waals surface area contributed by atoms with Crippen LogP contribution in [-0.4, -0.2) is 18.3 Å². The highest BCUT2D eigenvalue weighted by Gasteiger charge is 2.35. The van der Waals surface area contributed by atoms with Gasteiger partial charge in [-0.1, -0.05) is 206 Å². The number of fused-ring (bicyclic) bond motifs is 17. The fourth-order valence-corrected chi connectivity index (χ4v) is 14.4. The van der Waals surface area contributed by atoms with E-state index in [0.717, 1.165) is 126 Å². The van der Waals surface area contributed by atoms with Crippen LogP contribution >= 0.6 is 0 Å². The highest BCUT2D eigenvalue weighted by Crippen LogP contribution is 2.51.